The Labute approximate surface area is 90.2 Å². The molecular weight excluding hydrogens is 196 g/mol. The molecule has 0 saturated heterocycles. The molecule has 0 fully saturated rings. The van der Waals surface area contributed by atoms with E-state index in [1.807, 2.05) is 20.8 Å². The Morgan fingerprint density at radius 3 is 2.20 bits per heavy atom. The van der Waals surface area contributed by atoms with E-state index in [2.05, 4.69) is 0 Å². The van der Waals surface area contributed by atoms with Gasteiger partial charge in [0.05, 0.1) is 6.54 Å². The highest BCUT2D eigenvalue weighted by atomic mass is 16.4. The van der Waals surface area contributed by atoms with Gasteiger partial charge in [0.15, 0.2) is 0 Å². The van der Waals surface area contributed by atoms with E-state index in [4.69, 9.17) is 10.8 Å². The number of hydrogen-bond donors (Lipinski definition) is 2. The summed E-state index contributed by atoms with van der Waals surface area (Å²) in [5.41, 5.74) is 5.09. The summed E-state index contributed by atoms with van der Waals surface area (Å²) in [6, 6.07) is -0.632. The van der Waals surface area contributed by atoms with E-state index in [0.29, 0.717) is 6.42 Å². The number of rotatable bonds is 7. The quantitative estimate of drug-likeness (QED) is 0.646. The highest BCUT2D eigenvalue weighted by molar-refractivity contribution is 5.78. The Hall–Kier alpha value is -1.10. The van der Waals surface area contributed by atoms with Crippen molar-refractivity contribution in [2.24, 2.45) is 5.73 Å². The molecule has 3 N–H and O–H groups in total. The van der Waals surface area contributed by atoms with Crippen molar-refractivity contribution < 1.29 is 14.7 Å². The van der Waals surface area contributed by atoms with Crippen molar-refractivity contribution in [2.75, 3.05) is 6.54 Å². The van der Waals surface area contributed by atoms with Gasteiger partial charge >= 0.3 is 5.97 Å². The van der Waals surface area contributed by atoms with Gasteiger partial charge in [-0.1, -0.05) is 13.3 Å². The molecule has 0 heterocycles. The van der Waals surface area contributed by atoms with Crippen molar-refractivity contribution in [3.63, 3.8) is 0 Å². The number of carbonyl (C=O) groups excluding carboxylic acids is 1. The van der Waals surface area contributed by atoms with Gasteiger partial charge in [-0.05, 0) is 20.3 Å². The zero-order chi connectivity index (χ0) is 12.0. The molecule has 0 rings (SSSR count). The maximum atomic E-state index is 11.0. The van der Waals surface area contributed by atoms with Crippen LogP contribution < -0.4 is 5.73 Å². The number of carboxylic acids is 1. The van der Waals surface area contributed by atoms with Gasteiger partial charge in [-0.3, -0.25) is 14.5 Å². The zero-order valence-corrected chi connectivity index (χ0v) is 9.56. The molecule has 88 valence electrons. The normalized spacial score (nSPS) is 13.1. The van der Waals surface area contributed by atoms with Gasteiger partial charge in [0.2, 0.25) is 5.91 Å². The van der Waals surface area contributed by atoms with Crippen molar-refractivity contribution in [2.45, 2.75) is 45.7 Å². The number of amides is 1. The van der Waals surface area contributed by atoms with Crippen LogP contribution in [-0.4, -0.2) is 40.5 Å². The first-order valence-corrected chi connectivity index (χ1v) is 5.17. The molecule has 0 bridgehead atoms. The van der Waals surface area contributed by atoms with Gasteiger partial charge < -0.3 is 10.8 Å². The molecule has 0 aromatic heterocycles. The summed E-state index contributed by atoms with van der Waals surface area (Å²) in [6.07, 6.45) is 1.29. The molecule has 1 atom stereocenters. The van der Waals surface area contributed by atoms with Gasteiger partial charge in [0, 0.05) is 6.04 Å². The number of carboxylic acid groups (broad SMARTS) is 1. The summed E-state index contributed by atoms with van der Waals surface area (Å²) in [4.78, 5) is 23.5. The molecule has 15 heavy (non-hydrogen) atoms. The third-order valence-corrected chi connectivity index (χ3v) is 2.25. The van der Waals surface area contributed by atoms with Crippen LogP contribution in [0.1, 0.15) is 33.6 Å². The van der Waals surface area contributed by atoms with Crippen LogP contribution in [0, 0.1) is 0 Å². The van der Waals surface area contributed by atoms with E-state index in [0.717, 1.165) is 6.42 Å². The first-order valence-electron chi connectivity index (χ1n) is 5.17. The monoisotopic (exact) mass is 216 g/mol. The molecule has 5 heteroatoms. The SMILES string of the molecule is CCCC(C(=O)O)N(CC(N)=O)C(C)C. The Balaban J connectivity index is 4.66. The highest BCUT2D eigenvalue weighted by Gasteiger charge is 2.27. The van der Waals surface area contributed by atoms with Gasteiger partial charge in [-0.15, -0.1) is 0 Å². The summed E-state index contributed by atoms with van der Waals surface area (Å²) in [5.74, 6) is -1.39. The fourth-order valence-electron chi connectivity index (χ4n) is 1.54. The maximum absolute atomic E-state index is 11.0. The molecule has 0 spiro atoms. The van der Waals surface area contributed by atoms with E-state index in [1.54, 1.807) is 4.90 Å². The van der Waals surface area contributed by atoms with Gasteiger partial charge in [0.25, 0.3) is 0 Å². The molecule has 5 nitrogen and oxygen atoms in total. The molecule has 0 saturated carbocycles. The molecule has 0 aromatic carbocycles. The van der Waals surface area contributed by atoms with Crippen LogP contribution in [0.25, 0.3) is 0 Å². The van der Waals surface area contributed by atoms with Crippen molar-refractivity contribution in [3.05, 3.63) is 0 Å². The van der Waals surface area contributed by atoms with Crippen molar-refractivity contribution in [1.29, 1.82) is 0 Å². The van der Waals surface area contributed by atoms with Gasteiger partial charge in [0.1, 0.15) is 6.04 Å². The maximum Gasteiger partial charge on any atom is 0.320 e. The third-order valence-electron chi connectivity index (χ3n) is 2.25. The number of aliphatic carboxylic acids is 1. The lowest BCUT2D eigenvalue weighted by Gasteiger charge is -2.30. The molecule has 0 aliphatic carbocycles. The summed E-state index contributed by atoms with van der Waals surface area (Å²) >= 11 is 0. The minimum Gasteiger partial charge on any atom is -0.480 e. The molecule has 0 aliphatic heterocycles. The summed E-state index contributed by atoms with van der Waals surface area (Å²) in [7, 11) is 0. The van der Waals surface area contributed by atoms with E-state index in [1.165, 1.54) is 0 Å². The summed E-state index contributed by atoms with van der Waals surface area (Å²) < 4.78 is 0. The molecule has 0 aliphatic rings. The predicted octanol–water partition coefficient (Wildman–Crippen LogP) is 0.435. The molecule has 1 amide bonds. The van der Waals surface area contributed by atoms with Crippen LogP contribution in [0.3, 0.4) is 0 Å². The Morgan fingerprint density at radius 2 is 1.93 bits per heavy atom. The number of hydrogen-bond acceptors (Lipinski definition) is 3. The predicted molar refractivity (Wildman–Crippen MR) is 57.4 cm³/mol. The highest BCUT2D eigenvalue weighted by Crippen LogP contribution is 2.11. The Morgan fingerprint density at radius 1 is 1.40 bits per heavy atom. The lowest BCUT2D eigenvalue weighted by Crippen LogP contribution is -2.48. The van der Waals surface area contributed by atoms with E-state index in [-0.39, 0.29) is 12.6 Å². The summed E-state index contributed by atoms with van der Waals surface area (Å²) in [6.45, 7) is 5.62. The van der Waals surface area contributed by atoms with E-state index < -0.39 is 17.9 Å². The molecular formula is C10H20N2O3. The summed E-state index contributed by atoms with van der Waals surface area (Å²) in [5, 5.41) is 9.04. The van der Waals surface area contributed by atoms with E-state index >= 15 is 0 Å². The first-order chi connectivity index (χ1) is 6.90. The van der Waals surface area contributed by atoms with Gasteiger partial charge in [-0.25, -0.2) is 0 Å². The number of nitrogens with zero attached hydrogens (tertiary/aromatic N) is 1. The van der Waals surface area contributed by atoms with Crippen molar-refractivity contribution >= 4 is 11.9 Å². The molecule has 0 aromatic rings. The largest absolute Gasteiger partial charge is 0.480 e. The fourth-order valence-corrected chi connectivity index (χ4v) is 1.54. The van der Waals surface area contributed by atoms with Crippen molar-refractivity contribution in [1.82, 2.24) is 4.90 Å². The van der Waals surface area contributed by atoms with Crippen molar-refractivity contribution in [3.8, 4) is 0 Å². The average molecular weight is 216 g/mol. The minimum atomic E-state index is -0.896. The second-order valence-electron chi connectivity index (χ2n) is 3.88. The second kappa shape index (κ2) is 6.40. The molecule has 1 unspecified atom stereocenters. The smallest absolute Gasteiger partial charge is 0.320 e. The van der Waals surface area contributed by atoms with Crippen LogP contribution in [0.2, 0.25) is 0 Å². The minimum absolute atomic E-state index is 0.00532. The topological polar surface area (TPSA) is 83.6 Å². The second-order valence-corrected chi connectivity index (χ2v) is 3.88. The van der Waals surface area contributed by atoms with Crippen LogP contribution in [0.5, 0.6) is 0 Å². The first kappa shape index (κ1) is 13.9. The van der Waals surface area contributed by atoms with Crippen LogP contribution in [0.15, 0.2) is 0 Å². The standard InChI is InChI=1S/C10H20N2O3/c1-4-5-8(10(14)15)12(7(2)3)6-9(11)13/h7-8H,4-6H2,1-3H3,(H2,11,13)(H,14,15). The lowest BCUT2D eigenvalue weighted by atomic mass is 10.1. The number of carbonyl (C=O) groups is 2. The average Bonchev–Trinajstić information content (AvgIpc) is 2.09. The Kier molecular flexibility index (Phi) is 5.93. The lowest BCUT2D eigenvalue weighted by molar-refractivity contribution is -0.145. The molecule has 0 radical (unpaired) electrons. The third kappa shape index (κ3) is 4.78. The Bertz CT molecular complexity index is 229. The van der Waals surface area contributed by atoms with Gasteiger partial charge in [-0.2, -0.15) is 0 Å². The number of nitrogens with two attached hydrogens (primary N) is 1. The van der Waals surface area contributed by atoms with Crippen LogP contribution in [-0.2, 0) is 9.59 Å². The van der Waals surface area contributed by atoms with E-state index in [9.17, 15) is 9.59 Å². The van der Waals surface area contributed by atoms with Crippen LogP contribution in [0.4, 0.5) is 0 Å². The number of primary amides is 1. The van der Waals surface area contributed by atoms with Crippen LogP contribution >= 0.6 is 0 Å². The zero-order valence-electron chi connectivity index (χ0n) is 9.56. The fraction of sp³-hybridized carbons (Fsp3) is 0.800.